The minimum absolute atomic E-state index is 0.284. The van der Waals surface area contributed by atoms with E-state index < -0.39 is 0 Å². The molecule has 0 fully saturated rings. The van der Waals surface area contributed by atoms with Gasteiger partial charge in [0.25, 0.3) is 0 Å². The lowest BCUT2D eigenvalue weighted by Gasteiger charge is -2.14. The van der Waals surface area contributed by atoms with Gasteiger partial charge in [-0.3, -0.25) is 0 Å². The molecule has 0 heterocycles. The number of ether oxygens (including phenoxy) is 2. The highest BCUT2D eigenvalue weighted by Gasteiger charge is 2.00. The lowest BCUT2D eigenvalue weighted by Crippen LogP contribution is -2.37. The zero-order chi connectivity index (χ0) is 10.8. The summed E-state index contributed by atoms with van der Waals surface area (Å²) in [5.41, 5.74) is 0. The van der Waals surface area contributed by atoms with E-state index in [0.29, 0.717) is 6.04 Å². The molecule has 0 aromatic rings. The number of methoxy groups -OCH3 is 2. The smallest absolute Gasteiger partial charge is 0.0667 e. The SMILES string of the molecule is COCC(C)NCCNCC(C)OC. The predicted molar refractivity (Wildman–Crippen MR) is 58.7 cm³/mol. The van der Waals surface area contributed by atoms with Crippen molar-refractivity contribution in [3.8, 4) is 0 Å². The van der Waals surface area contributed by atoms with E-state index in [-0.39, 0.29) is 6.10 Å². The highest BCUT2D eigenvalue weighted by atomic mass is 16.5. The third-order valence-corrected chi connectivity index (χ3v) is 2.05. The Hall–Kier alpha value is -0.160. The molecule has 4 heteroatoms. The van der Waals surface area contributed by atoms with Crippen LogP contribution in [0.4, 0.5) is 0 Å². The van der Waals surface area contributed by atoms with E-state index in [9.17, 15) is 0 Å². The zero-order valence-electron chi connectivity index (χ0n) is 9.80. The summed E-state index contributed by atoms with van der Waals surface area (Å²) >= 11 is 0. The normalized spacial score (nSPS) is 15.4. The molecule has 0 radical (unpaired) electrons. The van der Waals surface area contributed by atoms with Crippen LogP contribution in [0, 0.1) is 0 Å². The molecule has 0 aliphatic rings. The molecule has 0 saturated carbocycles. The van der Waals surface area contributed by atoms with Crippen LogP contribution in [-0.4, -0.2) is 52.6 Å². The minimum atomic E-state index is 0.284. The molecule has 2 unspecified atom stereocenters. The minimum Gasteiger partial charge on any atom is -0.383 e. The molecule has 86 valence electrons. The number of hydrogen-bond donors (Lipinski definition) is 2. The van der Waals surface area contributed by atoms with Crippen molar-refractivity contribution in [1.29, 1.82) is 0 Å². The first kappa shape index (κ1) is 13.8. The Bertz CT molecular complexity index is 123. The highest BCUT2D eigenvalue weighted by Crippen LogP contribution is 1.83. The fraction of sp³-hybridized carbons (Fsp3) is 1.00. The Morgan fingerprint density at radius 3 is 2.43 bits per heavy atom. The van der Waals surface area contributed by atoms with Crippen molar-refractivity contribution in [2.75, 3.05) is 40.5 Å². The number of hydrogen-bond acceptors (Lipinski definition) is 4. The Morgan fingerprint density at radius 2 is 1.86 bits per heavy atom. The summed E-state index contributed by atoms with van der Waals surface area (Å²) in [5, 5.41) is 6.65. The highest BCUT2D eigenvalue weighted by molar-refractivity contribution is 4.61. The van der Waals surface area contributed by atoms with Gasteiger partial charge < -0.3 is 20.1 Å². The van der Waals surface area contributed by atoms with Gasteiger partial charge in [0.15, 0.2) is 0 Å². The van der Waals surface area contributed by atoms with Crippen LogP contribution in [0.2, 0.25) is 0 Å². The number of nitrogens with one attached hydrogen (secondary N) is 2. The van der Waals surface area contributed by atoms with Crippen LogP contribution >= 0.6 is 0 Å². The van der Waals surface area contributed by atoms with Crippen molar-refractivity contribution >= 4 is 0 Å². The molecule has 0 aromatic heterocycles. The zero-order valence-corrected chi connectivity index (χ0v) is 9.80. The molecule has 0 aliphatic carbocycles. The molecule has 0 amide bonds. The third kappa shape index (κ3) is 8.44. The van der Waals surface area contributed by atoms with Crippen molar-refractivity contribution in [1.82, 2.24) is 10.6 Å². The van der Waals surface area contributed by atoms with E-state index in [4.69, 9.17) is 9.47 Å². The van der Waals surface area contributed by atoms with Crippen LogP contribution in [0.25, 0.3) is 0 Å². The summed E-state index contributed by atoms with van der Waals surface area (Å²) in [7, 11) is 3.45. The fourth-order valence-corrected chi connectivity index (χ4v) is 1.10. The van der Waals surface area contributed by atoms with Crippen LogP contribution < -0.4 is 10.6 Å². The second kappa shape index (κ2) is 9.40. The van der Waals surface area contributed by atoms with Crippen LogP contribution in [-0.2, 0) is 9.47 Å². The molecular formula is C10H24N2O2. The van der Waals surface area contributed by atoms with E-state index in [1.807, 2.05) is 6.92 Å². The summed E-state index contributed by atoms with van der Waals surface area (Å²) in [5.74, 6) is 0. The van der Waals surface area contributed by atoms with Gasteiger partial charge in [0.05, 0.1) is 12.7 Å². The molecule has 2 atom stereocenters. The van der Waals surface area contributed by atoms with Crippen molar-refractivity contribution < 1.29 is 9.47 Å². The van der Waals surface area contributed by atoms with Gasteiger partial charge in [0.1, 0.15) is 0 Å². The molecule has 4 nitrogen and oxygen atoms in total. The summed E-state index contributed by atoms with van der Waals surface area (Å²) < 4.78 is 10.1. The molecule has 14 heavy (non-hydrogen) atoms. The standard InChI is InChI=1S/C10H24N2O2/c1-9(8-13-3)12-6-5-11-7-10(2)14-4/h9-12H,5-8H2,1-4H3. The van der Waals surface area contributed by atoms with Crippen molar-refractivity contribution in [2.24, 2.45) is 0 Å². The lowest BCUT2D eigenvalue weighted by atomic mass is 10.3. The van der Waals surface area contributed by atoms with Gasteiger partial charge in [-0.2, -0.15) is 0 Å². The van der Waals surface area contributed by atoms with E-state index in [1.54, 1.807) is 14.2 Å². The van der Waals surface area contributed by atoms with Crippen molar-refractivity contribution in [3.05, 3.63) is 0 Å². The number of rotatable bonds is 9. The molecular weight excluding hydrogens is 180 g/mol. The molecule has 0 spiro atoms. The Kier molecular flexibility index (Phi) is 9.29. The monoisotopic (exact) mass is 204 g/mol. The van der Waals surface area contributed by atoms with Gasteiger partial charge >= 0.3 is 0 Å². The van der Waals surface area contributed by atoms with E-state index in [1.165, 1.54) is 0 Å². The fourth-order valence-electron chi connectivity index (χ4n) is 1.10. The lowest BCUT2D eigenvalue weighted by molar-refractivity contribution is 0.117. The summed E-state index contributed by atoms with van der Waals surface area (Å²) in [6.45, 7) is 7.74. The first-order chi connectivity index (χ1) is 6.70. The quantitative estimate of drug-likeness (QED) is 0.528. The average molecular weight is 204 g/mol. The molecule has 0 aromatic carbocycles. The average Bonchev–Trinajstić information content (AvgIpc) is 2.17. The molecule has 2 N–H and O–H groups in total. The van der Waals surface area contributed by atoms with Gasteiger partial charge in [0.2, 0.25) is 0 Å². The largest absolute Gasteiger partial charge is 0.383 e. The maximum absolute atomic E-state index is 5.11. The molecule has 0 saturated heterocycles. The maximum Gasteiger partial charge on any atom is 0.0667 e. The van der Waals surface area contributed by atoms with Gasteiger partial charge in [-0.15, -0.1) is 0 Å². The van der Waals surface area contributed by atoms with E-state index in [2.05, 4.69) is 17.6 Å². The van der Waals surface area contributed by atoms with Gasteiger partial charge in [-0.25, -0.2) is 0 Å². The van der Waals surface area contributed by atoms with Gasteiger partial charge in [-0.05, 0) is 13.8 Å². The topological polar surface area (TPSA) is 42.5 Å². The maximum atomic E-state index is 5.11. The first-order valence-corrected chi connectivity index (χ1v) is 5.16. The van der Waals surface area contributed by atoms with Crippen LogP contribution in [0.15, 0.2) is 0 Å². The summed E-state index contributed by atoms with van der Waals surface area (Å²) in [4.78, 5) is 0. The Morgan fingerprint density at radius 1 is 1.14 bits per heavy atom. The second-order valence-corrected chi connectivity index (χ2v) is 3.56. The summed E-state index contributed by atoms with van der Waals surface area (Å²) in [6.07, 6.45) is 0.284. The van der Waals surface area contributed by atoms with Crippen molar-refractivity contribution in [2.45, 2.75) is 26.0 Å². The molecule has 0 bridgehead atoms. The van der Waals surface area contributed by atoms with E-state index in [0.717, 1.165) is 26.2 Å². The van der Waals surface area contributed by atoms with E-state index >= 15 is 0 Å². The Balaban J connectivity index is 3.13. The third-order valence-electron chi connectivity index (χ3n) is 2.05. The molecule has 0 rings (SSSR count). The summed E-state index contributed by atoms with van der Waals surface area (Å²) in [6, 6.07) is 0.418. The first-order valence-electron chi connectivity index (χ1n) is 5.16. The second-order valence-electron chi connectivity index (χ2n) is 3.56. The van der Waals surface area contributed by atoms with Crippen molar-refractivity contribution in [3.63, 3.8) is 0 Å². The predicted octanol–water partition coefficient (Wildman–Crippen LogP) is 0.235. The van der Waals surface area contributed by atoms with Gasteiger partial charge in [-0.1, -0.05) is 0 Å². The van der Waals surface area contributed by atoms with Gasteiger partial charge in [0, 0.05) is 39.9 Å². The van der Waals surface area contributed by atoms with Crippen LogP contribution in [0.5, 0.6) is 0 Å². The van der Waals surface area contributed by atoms with Crippen LogP contribution in [0.3, 0.4) is 0 Å². The molecule has 0 aliphatic heterocycles. The van der Waals surface area contributed by atoms with Crippen LogP contribution in [0.1, 0.15) is 13.8 Å². The Labute approximate surface area is 87.4 Å².